The van der Waals surface area contributed by atoms with Crippen molar-refractivity contribution in [1.82, 2.24) is 9.62 Å². The van der Waals surface area contributed by atoms with E-state index in [9.17, 15) is 8.42 Å². The first-order chi connectivity index (χ1) is 9.69. The summed E-state index contributed by atoms with van der Waals surface area (Å²) in [7, 11) is -1.71. The van der Waals surface area contributed by atoms with E-state index in [0.29, 0.717) is 36.1 Å². The molecule has 0 saturated carbocycles. The molecule has 0 bridgehead atoms. The van der Waals surface area contributed by atoms with Crippen molar-refractivity contribution in [2.24, 2.45) is 0 Å². The average Bonchev–Trinajstić information content (AvgIpc) is 2.64. The summed E-state index contributed by atoms with van der Waals surface area (Å²) >= 11 is 1.82. The van der Waals surface area contributed by atoms with Crippen molar-refractivity contribution in [1.29, 1.82) is 0 Å². The van der Waals surface area contributed by atoms with E-state index in [4.69, 9.17) is 4.42 Å². The van der Waals surface area contributed by atoms with Crippen molar-refractivity contribution in [3.8, 4) is 0 Å². The molecule has 1 N–H and O–H groups in total. The van der Waals surface area contributed by atoms with Crippen LogP contribution in [-0.4, -0.2) is 43.4 Å². The molecule has 2 rings (SSSR count). The summed E-state index contributed by atoms with van der Waals surface area (Å²) in [5.41, 5.74) is 0.742. The summed E-state index contributed by atoms with van der Waals surface area (Å²) in [6.45, 7) is 9.28. The van der Waals surface area contributed by atoms with Crippen LogP contribution in [0.4, 0.5) is 0 Å². The number of furan rings is 1. The summed E-state index contributed by atoms with van der Waals surface area (Å²) in [5, 5.41) is 3.02. The Morgan fingerprint density at radius 2 is 2.00 bits per heavy atom. The van der Waals surface area contributed by atoms with Crippen LogP contribution in [0.25, 0.3) is 0 Å². The molecule has 2 heterocycles. The standard InChI is InChI=1S/C14H24N2O3S2/c1-10-12(8-15-5)13(11(2)19-10)21(17,18)16-6-7-20-14(3,4)9-16/h15H,6-9H2,1-5H3. The fourth-order valence-electron chi connectivity index (χ4n) is 2.74. The lowest BCUT2D eigenvalue weighted by molar-refractivity contribution is 0.386. The zero-order valence-corrected chi connectivity index (χ0v) is 14.9. The quantitative estimate of drug-likeness (QED) is 0.915. The van der Waals surface area contributed by atoms with Crippen LogP contribution in [0.5, 0.6) is 0 Å². The van der Waals surface area contributed by atoms with E-state index in [1.165, 1.54) is 0 Å². The van der Waals surface area contributed by atoms with Gasteiger partial charge in [0.25, 0.3) is 0 Å². The van der Waals surface area contributed by atoms with Crippen molar-refractivity contribution in [2.45, 2.75) is 43.9 Å². The summed E-state index contributed by atoms with van der Waals surface area (Å²) in [6.07, 6.45) is 0. The molecule has 1 fully saturated rings. The van der Waals surface area contributed by atoms with Crippen molar-refractivity contribution in [2.75, 3.05) is 25.9 Å². The second kappa shape index (κ2) is 5.95. The van der Waals surface area contributed by atoms with Gasteiger partial charge in [0.2, 0.25) is 10.0 Å². The van der Waals surface area contributed by atoms with Gasteiger partial charge < -0.3 is 9.73 Å². The second-order valence-electron chi connectivity index (χ2n) is 6.00. The third-order valence-corrected chi connectivity index (χ3v) is 7.01. The van der Waals surface area contributed by atoms with E-state index in [2.05, 4.69) is 19.2 Å². The zero-order chi connectivity index (χ0) is 15.8. The van der Waals surface area contributed by atoms with E-state index in [1.807, 2.05) is 18.7 Å². The molecule has 0 amide bonds. The Hall–Kier alpha value is -0.500. The van der Waals surface area contributed by atoms with Crippen molar-refractivity contribution in [3.63, 3.8) is 0 Å². The largest absolute Gasteiger partial charge is 0.465 e. The van der Waals surface area contributed by atoms with Crippen LogP contribution < -0.4 is 5.32 Å². The van der Waals surface area contributed by atoms with Crippen LogP contribution >= 0.6 is 11.8 Å². The van der Waals surface area contributed by atoms with E-state index in [0.717, 1.165) is 11.3 Å². The first-order valence-electron chi connectivity index (χ1n) is 7.06. The van der Waals surface area contributed by atoms with E-state index in [1.54, 1.807) is 18.3 Å². The Balaban J connectivity index is 2.44. The fraction of sp³-hybridized carbons (Fsp3) is 0.714. The number of rotatable bonds is 4. The number of nitrogens with zero attached hydrogens (tertiary/aromatic N) is 1. The number of thioether (sulfide) groups is 1. The molecule has 1 aromatic heterocycles. The highest BCUT2D eigenvalue weighted by Gasteiger charge is 2.38. The third-order valence-electron chi connectivity index (χ3n) is 3.67. The predicted molar refractivity (Wildman–Crippen MR) is 86.2 cm³/mol. The molecule has 0 radical (unpaired) electrons. The summed E-state index contributed by atoms with van der Waals surface area (Å²) in [4.78, 5) is 0.344. The lowest BCUT2D eigenvalue weighted by atomic mass is 10.2. The number of hydrogen-bond donors (Lipinski definition) is 1. The molecule has 0 unspecified atom stereocenters. The molecule has 5 nitrogen and oxygen atoms in total. The Kier molecular flexibility index (Phi) is 4.78. The Morgan fingerprint density at radius 3 is 2.57 bits per heavy atom. The summed E-state index contributed by atoms with van der Waals surface area (Å²) < 4.78 is 33.2. The van der Waals surface area contributed by atoms with Crippen LogP contribution in [0.1, 0.15) is 30.9 Å². The van der Waals surface area contributed by atoms with E-state index in [-0.39, 0.29) is 4.75 Å². The minimum Gasteiger partial charge on any atom is -0.465 e. The number of sulfonamides is 1. The molecule has 0 atom stereocenters. The Bertz CT molecular complexity index is 620. The molecule has 1 aliphatic rings. The van der Waals surface area contributed by atoms with Gasteiger partial charge >= 0.3 is 0 Å². The molecule has 120 valence electrons. The van der Waals surface area contributed by atoms with Gasteiger partial charge in [-0.05, 0) is 34.7 Å². The zero-order valence-electron chi connectivity index (χ0n) is 13.3. The molecule has 1 saturated heterocycles. The molecule has 0 spiro atoms. The number of aryl methyl sites for hydroxylation is 2. The lowest BCUT2D eigenvalue weighted by Crippen LogP contribution is -2.46. The SMILES string of the molecule is CNCc1c(C)oc(C)c1S(=O)(=O)N1CCSC(C)(C)C1. The first kappa shape index (κ1) is 16.9. The van der Waals surface area contributed by atoms with Crippen LogP contribution in [0.2, 0.25) is 0 Å². The van der Waals surface area contributed by atoms with Crippen LogP contribution in [0.15, 0.2) is 9.31 Å². The second-order valence-corrected chi connectivity index (χ2v) is 9.68. The molecular weight excluding hydrogens is 308 g/mol. The highest BCUT2D eigenvalue weighted by Crippen LogP contribution is 2.35. The van der Waals surface area contributed by atoms with Crippen LogP contribution in [0, 0.1) is 13.8 Å². The van der Waals surface area contributed by atoms with Crippen LogP contribution in [-0.2, 0) is 16.6 Å². The Labute approximate surface area is 131 Å². The summed E-state index contributed by atoms with van der Waals surface area (Å²) in [5.74, 6) is 1.98. The normalized spacial score (nSPS) is 19.9. The number of hydrogen-bond acceptors (Lipinski definition) is 5. The van der Waals surface area contributed by atoms with Gasteiger partial charge in [0.05, 0.1) is 0 Å². The molecular formula is C14H24N2O3S2. The van der Waals surface area contributed by atoms with Crippen LogP contribution in [0.3, 0.4) is 0 Å². The maximum atomic E-state index is 13.0. The minimum absolute atomic E-state index is 0.0544. The van der Waals surface area contributed by atoms with Gasteiger partial charge in [-0.3, -0.25) is 0 Å². The van der Waals surface area contributed by atoms with Crippen molar-refractivity contribution >= 4 is 21.8 Å². The number of nitrogens with one attached hydrogen (secondary N) is 1. The molecule has 0 aromatic carbocycles. The minimum atomic E-state index is -3.51. The monoisotopic (exact) mass is 332 g/mol. The highest BCUT2D eigenvalue weighted by atomic mass is 32.2. The smallest absolute Gasteiger partial charge is 0.246 e. The highest BCUT2D eigenvalue weighted by molar-refractivity contribution is 8.00. The maximum absolute atomic E-state index is 13.0. The van der Waals surface area contributed by atoms with Crippen molar-refractivity contribution < 1.29 is 12.8 Å². The van der Waals surface area contributed by atoms with Gasteiger partial charge in [-0.15, -0.1) is 0 Å². The molecule has 21 heavy (non-hydrogen) atoms. The summed E-state index contributed by atoms with van der Waals surface area (Å²) in [6, 6.07) is 0. The van der Waals surface area contributed by atoms with Gasteiger partial charge in [-0.1, -0.05) is 0 Å². The molecule has 1 aromatic rings. The van der Waals surface area contributed by atoms with Crippen molar-refractivity contribution in [3.05, 3.63) is 17.1 Å². The molecule has 0 aliphatic carbocycles. The van der Waals surface area contributed by atoms with E-state index < -0.39 is 10.0 Å². The van der Waals surface area contributed by atoms with Gasteiger partial charge in [-0.2, -0.15) is 16.1 Å². The molecule has 7 heteroatoms. The van der Waals surface area contributed by atoms with E-state index >= 15 is 0 Å². The van der Waals surface area contributed by atoms with Gasteiger partial charge in [0.1, 0.15) is 16.4 Å². The average molecular weight is 332 g/mol. The van der Waals surface area contributed by atoms with Gasteiger partial charge in [-0.25, -0.2) is 8.42 Å². The van der Waals surface area contributed by atoms with Gasteiger partial charge in [0.15, 0.2) is 0 Å². The maximum Gasteiger partial charge on any atom is 0.246 e. The third kappa shape index (κ3) is 3.31. The topological polar surface area (TPSA) is 62.6 Å². The lowest BCUT2D eigenvalue weighted by Gasteiger charge is -2.36. The fourth-order valence-corrected chi connectivity index (χ4v) is 6.06. The molecule has 1 aliphatic heterocycles. The first-order valence-corrected chi connectivity index (χ1v) is 9.49. The van der Waals surface area contributed by atoms with Gasteiger partial charge in [0, 0.05) is 35.7 Å². The Morgan fingerprint density at radius 1 is 1.33 bits per heavy atom. The predicted octanol–water partition coefficient (Wildman–Crippen LogP) is 2.13.